The van der Waals surface area contributed by atoms with Crippen LogP contribution in [0.2, 0.25) is 0 Å². The number of benzene rings is 1. The van der Waals surface area contributed by atoms with Gasteiger partial charge in [-0.05, 0) is 24.6 Å². The molecule has 0 aromatic heterocycles. The van der Waals surface area contributed by atoms with Crippen molar-refractivity contribution in [2.45, 2.75) is 23.6 Å². The number of phenols is 2. The number of aliphatic carboxylic acids is 1. The lowest BCUT2D eigenvalue weighted by Gasteiger charge is -2.49. The van der Waals surface area contributed by atoms with E-state index in [9.17, 15) is 29.3 Å². The molecule has 0 bridgehead atoms. The highest BCUT2D eigenvalue weighted by molar-refractivity contribution is 8.01. The number of nitrogens with zero attached hydrogens (tertiary/aromatic N) is 1. The highest BCUT2D eigenvalue weighted by atomic mass is 32.2. The van der Waals surface area contributed by atoms with Gasteiger partial charge in [0.2, 0.25) is 5.91 Å². The summed E-state index contributed by atoms with van der Waals surface area (Å²) in [5.74, 6) is -4.56. The van der Waals surface area contributed by atoms with E-state index < -0.39 is 45.9 Å². The number of carbonyl (C=O) groups is 2. The summed E-state index contributed by atoms with van der Waals surface area (Å²) in [5, 5.41) is 27.5. The first-order valence-electron chi connectivity index (χ1n) is 6.67. The Kier molecular flexibility index (Phi) is 3.49. The molecule has 0 spiro atoms. The normalized spacial score (nSPS) is 26.8. The zero-order valence-corrected chi connectivity index (χ0v) is 12.7. The average molecular weight is 340 g/mol. The Hall–Kier alpha value is -2.26. The Bertz CT molecular complexity index is 743. The molecule has 2 aliphatic rings. The Morgan fingerprint density at radius 1 is 1.39 bits per heavy atom. The van der Waals surface area contributed by atoms with E-state index in [-0.39, 0.29) is 16.8 Å². The molecule has 1 amide bonds. The third-order valence-electron chi connectivity index (χ3n) is 3.89. The number of hydrogen-bond donors (Lipinski definition) is 4. The van der Waals surface area contributed by atoms with Crippen LogP contribution in [0.25, 0.3) is 5.57 Å². The van der Waals surface area contributed by atoms with E-state index in [1.807, 2.05) is 0 Å². The van der Waals surface area contributed by atoms with Crippen LogP contribution in [-0.2, 0) is 9.59 Å². The van der Waals surface area contributed by atoms with Gasteiger partial charge >= 0.3 is 5.97 Å². The Morgan fingerprint density at radius 3 is 2.61 bits per heavy atom. The maximum atomic E-state index is 13.7. The summed E-state index contributed by atoms with van der Waals surface area (Å²) in [6, 6.07) is 1.22. The van der Waals surface area contributed by atoms with Gasteiger partial charge in [0.1, 0.15) is 17.1 Å². The number of β-lactam (4-membered cyclic amide) rings is 1. The standard InChI is InChI=1S/C14H13FN2O5S/c1-4-8(5-2-6(15)11(19)7(18)3-5)10(14(21)22)17-12(20)9(16)13(17)23-4/h2-4,9,13,18-19H,16H2,1H3,(H,21,22)/t4?,9?,13-/m1/s1. The van der Waals surface area contributed by atoms with Crippen molar-refractivity contribution in [2.75, 3.05) is 0 Å². The monoisotopic (exact) mass is 340 g/mol. The van der Waals surface area contributed by atoms with Gasteiger partial charge in [-0.3, -0.25) is 9.69 Å². The maximum Gasteiger partial charge on any atom is 0.352 e. The third-order valence-corrected chi connectivity index (χ3v) is 5.31. The van der Waals surface area contributed by atoms with Crippen LogP contribution in [0.4, 0.5) is 4.39 Å². The third kappa shape index (κ3) is 2.15. The first-order chi connectivity index (χ1) is 10.7. The van der Waals surface area contributed by atoms with E-state index in [0.29, 0.717) is 0 Å². The number of thioether (sulfide) groups is 1. The fraction of sp³-hybridized carbons (Fsp3) is 0.286. The van der Waals surface area contributed by atoms with Gasteiger partial charge in [-0.1, -0.05) is 0 Å². The molecule has 2 heterocycles. The van der Waals surface area contributed by atoms with Crippen LogP contribution < -0.4 is 5.73 Å². The molecule has 0 aliphatic carbocycles. The lowest BCUT2D eigenvalue weighted by Crippen LogP contribution is -2.68. The quantitative estimate of drug-likeness (QED) is 0.460. The van der Waals surface area contributed by atoms with Gasteiger partial charge in [0.05, 0.1) is 0 Å². The second kappa shape index (κ2) is 5.14. The minimum absolute atomic E-state index is 0.0851. The van der Waals surface area contributed by atoms with Crippen molar-refractivity contribution >= 4 is 29.2 Å². The van der Waals surface area contributed by atoms with Crippen molar-refractivity contribution in [3.05, 3.63) is 29.2 Å². The zero-order chi connectivity index (χ0) is 17.0. The average Bonchev–Trinajstić information content (AvgIpc) is 2.50. The van der Waals surface area contributed by atoms with Crippen LogP contribution in [0.3, 0.4) is 0 Å². The lowest BCUT2D eigenvalue weighted by atomic mass is 9.95. The van der Waals surface area contributed by atoms with Gasteiger partial charge in [0.15, 0.2) is 17.3 Å². The van der Waals surface area contributed by atoms with E-state index in [1.165, 1.54) is 11.8 Å². The molecule has 7 nitrogen and oxygen atoms in total. The Balaban J connectivity index is 2.21. The number of carboxylic acids is 1. The van der Waals surface area contributed by atoms with E-state index in [1.54, 1.807) is 6.92 Å². The summed E-state index contributed by atoms with van der Waals surface area (Å²) in [5.41, 5.74) is 5.69. The highest BCUT2D eigenvalue weighted by Gasteiger charge is 2.53. The molecule has 0 saturated carbocycles. The van der Waals surface area contributed by atoms with Crippen LogP contribution in [0.15, 0.2) is 17.8 Å². The smallest absolute Gasteiger partial charge is 0.352 e. The number of nitrogens with two attached hydrogens (primary N) is 1. The number of rotatable bonds is 2. The molecular weight excluding hydrogens is 327 g/mol. The molecule has 2 unspecified atom stereocenters. The molecule has 2 aliphatic heterocycles. The van der Waals surface area contributed by atoms with Crippen molar-refractivity contribution in [3.63, 3.8) is 0 Å². The summed E-state index contributed by atoms with van der Waals surface area (Å²) >= 11 is 1.28. The van der Waals surface area contributed by atoms with Crippen molar-refractivity contribution in [3.8, 4) is 11.5 Å². The van der Waals surface area contributed by atoms with E-state index >= 15 is 0 Å². The van der Waals surface area contributed by atoms with E-state index in [0.717, 1.165) is 17.0 Å². The number of carbonyl (C=O) groups excluding carboxylic acids is 1. The molecule has 1 fully saturated rings. The molecule has 23 heavy (non-hydrogen) atoms. The number of hydrogen-bond acceptors (Lipinski definition) is 6. The minimum atomic E-state index is -1.34. The molecule has 3 atom stereocenters. The number of carboxylic acid groups (broad SMARTS) is 1. The molecule has 5 N–H and O–H groups in total. The summed E-state index contributed by atoms with van der Waals surface area (Å²) in [4.78, 5) is 24.6. The second-order valence-electron chi connectivity index (χ2n) is 5.30. The van der Waals surface area contributed by atoms with Gasteiger partial charge in [0, 0.05) is 10.8 Å². The fourth-order valence-corrected chi connectivity index (χ4v) is 4.22. The molecule has 1 saturated heterocycles. The van der Waals surface area contributed by atoms with Crippen LogP contribution in [-0.4, -0.2) is 48.8 Å². The first kappa shape index (κ1) is 15.6. The fourth-order valence-electron chi connectivity index (χ4n) is 2.80. The molecule has 0 radical (unpaired) electrons. The van der Waals surface area contributed by atoms with Gasteiger partial charge in [-0.25, -0.2) is 9.18 Å². The van der Waals surface area contributed by atoms with E-state index in [4.69, 9.17) is 5.73 Å². The minimum Gasteiger partial charge on any atom is -0.504 e. The van der Waals surface area contributed by atoms with Crippen LogP contribution in [0.1, 0.15) is 12.5 Å². The molecule has 3 rings (SSSR count). The van der Waals surface area contributed by atoms with Crippen molar-refractivity contribution < 1.29 is 29.3 Å². The van der Waals surface area contributed by atoms with Gasteiger partial charge in [-0.2, -0.15) is 0 Å². The number of halogens is 1. The summed E-state index contributed by atoms with van der Waals surface area (Å²) in [6.07, 6.45) is 0. The Labute approximate surface area is 134 Å². The number of fused-ring (bicyclic) bond motifs is 1. The van der Waals surface area contributed by atoms with Crippen LogP contribution in [0, 0.1) is 5.82 Å². The molecular formula is C14H13FN2O5S. The zero-order valence-electron chi connectivity index (χ0n) is 11.9. The summed E-state index contributed by atoms with van der Waals surface area (Å²) in [7, 11) is 0. The van der Waals surface area contributed by atoms with Gasteiger partial charge in [0.25, 0.3) is 0 Å². The number of phenolic OH excluding ortho intramolecular Hbond substituents is 2. The van der Waals surface area contributed by atoms with Gasteiger partial charge < -0.3 is 21.1 Å². The summed E-state index contributed by atoms with van der Waals surface area (Å²) in [6.45, 7) is 1.71. The van der Waals surface area contributed by atoms with Crippen molar-refractivity contribution in [1.82, 2.24) is 4.90 Å². The molecule has 1 aromatic rings. The SMILES string of the molecule is CC1S[C@@H]2C(N)C(=O)N2C(C(=O)O)=C1c1cc(O)c(O)c(F)c1. The predicted molar refractivity (Wildman–Crippen MR) is 79.9 cm³/mol. The highest BCUT2D eigenvalue weighted by Crippen LogP contribution is 2.47. The number of aromatic hydroxyl groups is 2. The Morgan fingerprint density at radius 2 is 2.04 bits per heavy atom. The first-order valence-corrected chi connectivity index (χ1v) is 7.61. The summed E-state index contributed by atoms with van der Waals surface area (Å²) < 4.78 is 13.7. The van der Waals surface area contributed by atoms with Gasteiger partial charge in [-0.15, -0.1) is 11.8 Å². The van der Waals surface area contributed by atoms with Crippen molar-refractivity contribution in [2.24, 2.45) is 5.73 Å². The molecule has 1 aromatic carbocycles. The second-order valence-corrected chi connectivity index (χ2v) is 6.76. The number of amides is 1. The molecule has 9 heteroatoms. The van der Waals surface area contributed by atoms with Crippen LogP contribution in [0.5, 0.6) is 11.5 Å². The topological polar surface area (TPSA) is 124 Å². The lowest BCUT2D eigenvalue weighted by molar-refractivity contribution is -0.147. The maximum absolute atomic E-state index is 13.7. The van der Waals surface area contributed by atoms with Crippen LogP contribution >= 0.6 is 11.8 Å². The van der Waals surface area contributed by atoms with Crippen molar-refractivity contribution in [1.29, 1.82) is 0 Å². The predicted octanol–water partition coefficient (Wildman–Crippen LogP) is 0.663. The largest absolute Gasteiger partial charge is 0.504 e. The van der Waals surface area contributed by atoms with E-state index in [2.05, 4.69) is 0 Å². The molecule has 122 valence electrons.